The molecule has 0 aromatic rings. The van der Waals surface area contributed by atoms with Crippen LogP contribution in [0.5, 0.6) is 0 Å². The smallest absolute Gasteiger partial charge is 0.310 e. The third kappa shape index (κ3) is 2.43. The van der Waals surface area contributed by atoms with Crippen molar-refractivity contribution in [1.29, 1.82) is 0 Å². The predicted octanol–water partition coefficient (Wildman–Crippen LogP) is 1.55. The molecule has 0 N–H and O–H groups in total. The molecule has 0 aromatic carbocycles. The molecule has 0 aliphatic heterocycles. The van der Waals surface area contributed by atoms with Gasteiger partial charge in [0.2, 0.25) is 0 Å². The van der Waals surface area contributed by atoms with Gasteiger partial charge in [-0.15, -0.1) is 0 Å². The standard InChI is InChI=1S/C12H18O4/c1-7-5-8(2)10(12(14)16-4)9(6-7)11(13)15-3/h5,8-10H,6H2,1-4H3/t8-,9+,10-/m1/s1. The van der Waals surface area contributed by atoms with Crippen LogP contribution < -0.4 is 0 Å². The summed E-state index contributed by atoms with van der Waals surface area (Å²) in [7, 11) is 2.68. The van der Waals surface area contributed by atoms with Crippen LogP contribution in [0.15, 0.2) is 11.6 Å². The summed E-state index contributed by atoms with van der Waals surface area (Å²) in [5.41, 5.74) is 1.11. The first-order valence-corrected chi connectivity index (χ1v) is 5.34. The minimum Gasteiger partial charge on any atom is -0.469 e. The summed E-state index contributed by atoms with van der Waals surface area (Å²) in [5, 5.41) is 0. The highest BCUT2D eigenvalue weighted by atomic mass is 16.5. The zero-order chi connectivity index (χ0) is 12.3. The first kappa shape index (κ1) is 12.7. The van der Waals surface area contributed by atoms with E-state index in [0.29, 0.717) is 6.42 Å². The van der Waals surface area contributed by atoms with Gasteiger partial charge in [0.25, 0.3) is 0 Å². The highest BCUT2D eigenvalue weighted by Gasteiger charge is 2.40. The van der Waals surface area contributed by atoms with Crippen molar-refractivity contribution in [2.75, 3.05) is 14.2 Å². The van der Waals surface area contributed by atoms with Crippen molar-refractivity contribution in [3.63, 3.8) is 0 Å². The van der Waals surface area contributed by atoms with Crippen molar-refractivity contribution in [2.24, 2.45) is 17.8 Å². The summed E-state index contributed by atoms with van der Waals surface area (Å²) >= 11 is 0. The van der Waals surface area contributed by atoms with E-state index in [1.54, 1.807) is 0 Å². The van der Waals surface area contributed by atoms with E-state index in [2.05, 4.69) is 0 Å². The molecule has 0 spiro atoms. The highest BCUT2D eigenvalue weighted by Crippen LogP contribution is 2.35. The Morgan fingerprint density at radius 1 is 1.25 bits per heavy atom. The average molecular weight is 226 g/mol. The van der Waals surface area contributed by atoms with Crippen LogP contribution in [0.1, 0.15) is 20.3 Å². The molecule has 0 heterocycles. The molecule has 16 heavy (non-hydrogen) atoms. The van der Waals surface area contributed by atoms with Gasteiger partial charge in [-0.2, -0.15) is 0 Å². The Balaban J connectivity index is 2.98. The van der Waals surface area contributed by atoms with Gasteiger partial charge in [0.15, 0.2) is 0 Å². The SMILES string of the molecule is COC(=O)[C@@H]1[C@H](C)C=C(C)C[C@@H]1C(=O)OC. The molecule has 1 rings (SSSR count). The molecule has 0 radical (unpaired) electrons. The minimum absolute atomic E-state index is 0.00491. The van der Waals surface area contributed by atoms with Crippen LogP contribution in [0, 0.1) is 17.8 Å². The summed E-state index contributed by atoms with van der Waals surface area (Å²) in [4.78, 5) is 23.3. The lowest BCUT2D eigenvalue weighted by Gasteiger charge is -2.31. The largest absolute Gasteiger partial charge is 0.469 e. The van der Waals surface area contributed by atoms with Crippen LogP contribution in [0.3, 0.4) is 0 Å². The highest BCUT2D eigenvalue weighted by molar-refractivity contribution is 5.83. The van der Waals surface area contributed by atoms with Gasteiger partial charge in [-0.1, -0.05) is 18.6 Å². The number of allylic oxidation sites excluding steroid dienone is 2. The summed E-state index contributed by atoms with van der Waals surface area (Å²) in [6.45, 7) is 3.88. The molecule has 3 atom stereocenters. The molecule has 0 saturated carbocycles. The van der Waals surface area contributed by atoms with Crippen LogP contribution in [0.4, 0.5) is 0 Å². The predicted molar refractivity (Wildman–Crippen MR) is 58.6 cm³/mol. The fourth-order valence-electron chi connectivity index (χ4n) is 2.36. The molecule has 4 nitrogen and oxygen atoms in total. The molecule has 0 aromatic heterocycles. The van der Waals surface area contributed by atoms with Gasteiger partial charge < -0.3 is 9.47 Å². The van der Waals surface area contributed by atoms with Crippen molar-refractivity contribution >= 4 is 11.9 Å². The number of esters is 2. The number of methoxy groups -OCH3 is 2. The molecule has 4 heteroatoms. The molecule has 1 aliphatic carbocycles. The van der Waals surface area contributed by atoms with E-state index in [4.69, 9.17) is 9.47 Å². The molecule has 0 bridgehead atoms. The van der Waals surface area contributed by atoms with Crippen molar-refractivity contribution in [3.8, 4) is 0 Å². The summed E-state index contributed by atoms with van der Waals surface area (Å²) in [6, 6.07) is 0. The Kier molecular flexibility index (Phi) is 4.10. The zero-order valence-electron chi connectivity index (χ0n) is 10.1. The zero-order valence-corrected chi connectivity index (χ0v) is 10.1. The number of carbonyl (C=O) groups excluding carboxylic acids is 2. The fourth-order valence-corrected chi connectivity index (χ4v) is 2.36. The Morgan fingerprint density at radius 3 is 2.31 bits per heavy atom. The Morgan fingerprint density at radius 2 is 1.81 bits per heavy atom. The number of carbonyl (C=O) groups is 2. The van der Waals surface area contributed by atoms with Gasteiger partial charge in [0.1, 0.15) is 0 Å². The van der Waals surface area contributed by atoms with E-state index in [1.165, 1.54) is 14.2 Å². The number of hydrogen-bond acceptors (Lipinski definition) is 4. The topological polar surface area (TPSA) is 52.6 Å². The summed E-state index contributed by atoms with van der Waals surface area (Å²) < 4.78 is 9.48. The maximum absolute atomic E-state index is 11.7. The second-order valence-electron chi connectivity index (χ2n) is 4.25. The van der Waals surface area contributed by atoms with Crippen LogP contribution >= 0.6 is 0 Å². The lowest BCUT2D eigenvalue weighted by atomic mass is 9.74. The first-order valence-electron chi connectivity index (χ1n) is 5.34. The molecular weight excluding hydrogens is 208 g/mol. The normalized spacial score (nSPS) is 29.2. The fraction of sp³-hybridized carbons (Fsp3) is 0.667. The van der Waals surface area contributed by atoms with Gasteiger partial charge in [0, 0.05) is 0 Å². The minimum atomic E-state index is -0.429. The molecule has 0 unspecified atom stereocenters. The van der Waals surface area contributed by atoms with E-state index in [1.807, 2.05) is 19.9 Å². The summed E-state index contributed by atoms with van der Waals surface area (Å²) in [6.07, 6.45) is 2.58. The maximum Gasteiger partial charge on any atom is 0.310 e. The first-order chi connectivity index (χ1) is 7.51. The van der Waals surface area contributed by atoms with Gasteiger partial charge in [-0.25, -0.2) is 0 Å². The monoisotopic (exact) mass is 226 g/mol. The van der Waals surface area contributed by atoms with Crippen molar-refractivity contribution in [1.82, 2.24) is 0 Å². The van der Waals surface area contributed by atoms with Crippen molar-refractivity contribution in [3.05, 3.63) is 11.6 Å². The van der Waals surface area contributed by atoms with E-state index in [9.17, 15) is 9.59 Å². The number of hydrogen-bond donors (Lipinski definition) is 0. The Bertz CT molecular complexity index is 319. The molecule has 0 amide bonds. The van der Waals surface area contributed by atoms with Gasteiger partial charge in [-0.3, -0.25) is 9.59 Å². The molecule has 1 aliphatic rings. The van der Waals surface area contributed by atoms with Crippen molar-refractivity contribution in [2.45, 2.75) is 20.3 Å². The lowest BCUT2D eigenvalue weighted by Crippen LogP contribution is -2.38. The quantitative estimate of drug-likeness (QED) is 0.529. The van der Waals surface area contributed by atoms with Gasteiger partial charge >= 0.3 is 11.9 Å². The van der Waals surface area contributed by atoms with Gasteiger partial charge in [-0.05, 0) is 19.3 Å². The van der Waals surface area contributed by atoms with E-state index < -0.39 is 11.8 Å². The Labute approximate surface area is 95.6 Å². The van der Waals surface area contributed by atoms with Crippen molar-refractivity contribution < 1.29 is 19.1 Å². The van der Waals surface area contributed by atoms with Crippen LogP contribution in [0.2, 0.25) is 0 Å². The van der Waals surface area contributed by atoms with E-state index in [-0.39, 0.29) is 17.9 Å². The van der Waals surface area contributed by atoms with E-state index >= 15 is 0 Å². The van der Waals surface area contributed by atoms with Crippen LogP contribution in [-0.4, -0.2) is 26.2 Å². The van der Waals surface area contributed by atoms with Gasteiger partial charge in [0.05, 0.1) is 26.1 Å². The molecule has 0 saturated heterocycles. The molecule has 0 fully saturated rings. The average Bonchev–Trinajstić information content (AvgIpc) is 2.26. The summed E-state index contributed by atoms with van der Waals surface area (Å²) in [5.74, 6) is -1.52. The third-order valence-corrected chi connectivity index (χ3v) is 3.07. The van der Waals surface area contributed by atoms with E-state index in [0.717, 1.165) is 5.57 Å². The number of rotatable bonds is 2. The molecule has 90 valence electrons. The second-order valence-corrected chi connectivity index (χ2v) is 4.25. The third-order valence-electron chi connectivity index (χ3n) is 3.07. The van der Waals surface area contributed by atoms with Crippen LogP contribution in [0.25, 0.3) is 0 Å². The lowest BCUT2D eigenvalue weighted by molar-refractivity contribution is -0.159. The Hall–Kier alpha value is -1.32. The molecular formula is C12H18O4. The second kappa shape index (κ2) is 5.14. The maximum atomic E-state index is 11.7. The van der Waals surface area contributed by atoms with Crippen LogP contribution in [-0.2, 0) is 19.1 Å². The number of ether oxygens (including phenoxy) is 2.